The first-order valence-electron chi connectivity index (χ1n) is 6.07. The second-order valence-electron chi connectivity index (χ2n) is 5.44. The predicted octanol–water partition coefficient (Wildman–Crippen LogP) is 2.26. The van der Waals surface area contributed by atoms with Crippen LogP contribution in [0.3, 0.4) is 0 Å². The monoisotopic (exact) mass is 252 g/mol. The van der Waals surface area contributed by atoms with Crippen LogP contribution in [0.5, 0.6) is 5.75 Å². The summed E-state index contributed by atoms with van der Waals surface area (Å²) >= 11 is 0. The van der Waals surface area contributed by atoms with Gasteiger partial charge in [0.25, 0.3) is 0 Å². The van der Waals surface area contributed by atoms with Gasteiger partial charge in [0.15, 0.2) is 0 Å². The highest BCUT2D eigenvalue weighted by Crippen LogP contribution is 2.32. The average Bonchev–Trinajstić information content (AvgIpc) is 2.34. The lowest BCUT2D eigenvalue weighted by molar-refractivity contribution is -0.0120. The summed E-state index contributed by atoms with van der Waals surface area (Å²) in [7, 11) is 3.37. The van der Waals surface area contributed by atoms with Gasteiger partial charge in [0.05, 0.1) is 19.3 Å². The molecule has 0 spiro atoms. The minimum atomic E-state index is -0.0547. The fourth-order valence-corrected chi connectivity index (χ4v) is 2.16. The van der Waals surface area contributed by atoms with Crippen LogP contribution < -0.4 is 16.0 Å². The fraction of sp³-hybridized carbons (Fsp3) is 0.571. The third-order valence-corrected chi connectivity index (χ3v) is 3.06. The van der Waals surface area contributed by atoms with Gasteiger partial charge in [-0.15, -0.1) is 0 Å². The smallest absolute Gasteiger partial charge is 0.118 e. The van der Waals surface area contributed by atoms with Crippen molar-refractivity contribution in [3.63, 3.8) is 0 Å². The first-order valence-corrected chi connectivity index (χ1v) is 6.07. The van der Waals surface area contributed by atoms with Crippen molar-refractivity contribution in [2.45, 2.75) is 32.9 Å². The van der Waals surface area contributed by atoms with Gasteiger partial charge in [-0.3, -0.25) is 11.3 Å². The molecule has 0 bridgehead atoms. The summed E-state index contributed by atoms with van der Waals surface area (Å²) in [5.74, 6) is 6.52. The summed E-state index contributed by atoms with van der Waals surface area (Å²) in [5, 5.41) is 0. The largest absolute Gasteiger partial charge is 0.497 e. The van der Waals surface area contributed by atoms with Crippen molar-refractivity contribution in [1.29, 1.82) is 0 Å². The van der Waals surface area contributed by atoms with Gasteiger partial charge in [0, 0.05) is 7.11 Å². The average molecular weight is 252 g/mol. The van der Waals surface area contributed by atoms with Gasteiger partial charge in [-0.05, 0) is 23.1 Å². The maximum Gasteiger partial charge on any atom is 0.118 e. The quantitative estimate of drug-likeness (QED) is 0.623. The molecular formula is C14H24N2O2. The van der Waals surface area contributed by atoms with Crippen LogP contribution in [0.4, 0.5) is 0 Å². The Morgan fingerprint density at radius 3 is 2.00 bits per heavy atom. The van der Waals surface area contributed by atoms with Crippen LogP contribution in [-0.4, -0.2) is 20.3 Å². The van der Waals surface area contributed by atoms with Crippen LogP contribution in [0.2, 0.25) is 0 Å². The second kappa shape index (κ2) is 6.18. The van der Waals surface area contributed by atoms with Crippen LogP contribution in [-0.2, 0) is 4.74 Å². The molecule has 18 heavy (non-hydrogen) atoms. The molecule has 102 valence electrons. The van der Waals surface area contributed by atoms with E-state index in [0.29, 0.717) is 0 Å². The zero-order valence-electron chi connectivity index (χ0n) is 11.9. The number of rotatable bonds is 5. The Balaban J connectivity index is 3.00. The third kappa shape index (κ3) is 3.45. The van der Waals surface area contributed by atoms with Crippen LogP contribution in [0, 0.1) is 5.41 Å². The van der Waals surface area contributed by atoms with E-state index in [-0.39, 0.29) is 17.6 Å². The van der Waals surface area contributed by atoms with E-state index in [1.54, 1.807) is 14.2 Å². The van der Waals surface area contributed by atoms with Crippen LogP contribution in [0.25, 0.3) is 0 Å². The molecule has 0 fully saturated rings. The van der Waals surface area contributed by atoms with Crippen LogP contribution >= 0.6 is 0 Å². The van der Waals surface area contributed by atoms with Crippen molar-refractivity contribution in [2.75, 3.05) is 14.2 Å². The molecule has 0 aliphatic heterocycles. The van der Waals surface area contributed by atoms with Crippen molar-refractivity contribution in [3.05, 3.63) is 29.8 Å². The van der Waals surface area contributed by atoms with Crippen molar-refractivity contribution in [2.24, 2.45) is 11.3 Å². The molecular weight excluding hydrogens is 228 g/mol. The Bertz CT molecular complexity index is 357. The van der Waals surface area contributed by atoms with Gasteiger partial charge in [-0.2, -0.15) is 0 Å². The van der Waals surface area contributed by atoms with Crippen molar-refractivity contribution < 1.29 is 9.47 Å². The van der Waals surface area contributed by atoms with E-state index >= 15 is 0 Å². The summed E-state index contributed by atoms with van der Waals surface area (Å²) in [5.41, 5.74) is 3.92. The van der Waals surface area contributed by atoms with E-state index in [2.05, 4.69) is 26.2 Å². The third-order valence-electron chi connectivity index (χ3n) is 3.06. The molecule has 1 aromatic carbocycles. The van der Waals surface area contributed by atoms with Gasteiger partial charge in [-0.25, -0.2) is 0 Å². The Morgan fingerprint density at radius 2 is 1.67 bits per heavy atom. The lowest BCUT2D eigenvalue weighted by Gasteiger charge is -2.35. The standard InChI is InChI=1S/C14H24N2O2/c1-14(2,3)13(18-5)12(16-15)10-6-8-11(17-4)9-7-10/h6-9,12-13,16H,15H2,1-5H3. The Kier molecular flexibility index (Phi) is 5.14. The first kappa shape index (κ1) is 15.0. The van der Waals surface area contributed by atoms with Crippen molar-refractivity contribution in [3.8, 4) is 5.75 Å². The minimum absolute atomic E-state index is 0.00822. The highest BCUT2D eigenvalue weighted by Gasteiger charge is 2.32. The lowest BCUT2D eigenvalue weighted by atomic mass is 9.82. The molecule has 3 N–H and O–H groups in total. The zero-order valence-corrected chi connectivity index (χ0v) is 11.9. The number of hydrogen-bond donors (Lipinski definition) is 2. The molecule has 0 saturated carbocycles. The molecule has 1 aromatic rings. The minimum Gasteiger partial charge on any atom is -0.497 e. The number of ether oxygens (including phenoxy) is 2. The molecule has 1 rings (SSSR count). The Morgan fingerprint density at radius 1 is 1.11 bits per heavy atom. The van der Waals surface area contributed by atoms with Gasteiger partial charge >= 0.3 is 0 Å². The normalized spacial score (nSPS) is 15.2. The van der Waals surface area contributed by atoms with Gasteiger partial charge < -0.3 is 9.47 Å². The van der Waals surface area contributed by atoms with Crippen molar-refractivity contribution >= 4 is 0 Å². The zero-order chi connectivity index (χ0) is 13.8. The summed E-state index contributed by atoms with van der Waals surface area (Å²) < 4.78 is 10.8. The molecule has 0 aromatic heterocycles. The molecule has 2 atom stereocenters. The molecule has 0 radical (unpaired) electrons. The van der Waals surface area contributed by atoms with E-state index in [9.17, 15) is 0 Å². The van der Waals surface area contributed by atoms with E-state index in [4.69, 9.17) is 15.3 Å². The Hall–Kier alpha value is -1.10. The highest BCUT2D eigenvalue weighted by atomic mass is 16.5. The van der Waals surface area contributed by atoms with E-state index in [1.807, 2.05) is 24.3 Å². The van der Waals surface area contributed by atoms with E-state index < -0.39 is 0 Å². The SMILES string of the molecule is COc1ccc(C(NN)C(OC)C(C)(C)C)cc1. The molecule has 0 aliphatic rings. The number of benzene rings is 1. The van der Waals surface area contributed by atoms with Gasteiger partial charge in [0.1, 0.15) is 5.75 Å². The molecule has 2 unspecified atom stereocenters. The van der Waals surface area contributed by atoms with E-state index in [0.717, 1.165) is 11.3 Å². The summed E-state index contributed by atoms with van der Waals surface area (Å²) in [4.78, 5) is 0. The molecule has 4 heteroatoms. The number of hydrazine groups is 1. The number of methoxy groups -OCH3 is 2. The maximum atomic E-state index is 5.69. The lowest BCUT2D eigenvalue weighted by Crippen LogP contribution is -2.44. The molecule has 0 amide bonds. The van der Waals surface area contributed by atoms with Gasteiger partial charge in [-0.1, -0.05) is 32.9 Å². The fourth-order valence-electron chi connectivity index (χ4n) is 2.16. The highest BCUT2D eigenvalue weighted by molar-refractivity contribution is 5.29. The molecule has 4 nitrogen and oxygen atoms in total. The number of nitrogens with two attached hydrogens (primary N) is 1. The number of nitrogens with one attached hydrogen (secondary N) is 1. The van der Waals surface area contributed by atoms with Crippen LogP contribution in [0.1, 0.15) is 32.4 Å². The summed E-state index contributed by atoms with van der Waals surface area (Å²) in [6.07, 6.45) is -0.0177. The summed E-state index contributed by atoms with van der Waals surface area (Å²) in [6, 6.07) is 7.80. The topological polar surface area (TPSA) is 56.5 Å². The van der Waals surface area contributed by atoms with Crippen molar-refractivity contribution in [1.82, 2.24) is 5.43 Å². The number of hydrogen-bond acceptors (Lipinski definition) is 4. The predicted molar refractivity (Wildman–Crippen MR) is 73.3 cm³/mol. The van der Waals surface area contributed by atoms with E-state index in [1.165, 1.54) is 0 Å². The first-order chi connectivity index (χ1) is 8.43. The van der Waals surface area contributed by atoms with Gasteiger partial charge in [0.2, 0.25) is 0 Å². The Labute approximate surface area is 109 Å². The molecule has 0 heterocycles. The molecule has 0 saturated heterocycles. The maximum absolute atomic E-state index is 5.69. The van der Waals surface area contributed by atoms with Crippen LogP contribution in [0.15, 0.2) is 24.3 Å². The molecule has 0 aliphatic carbocycles. The second-order valence-corrected chi connectivity index (χ2v) is 5.44. The summed E-state index contributed by atoms with van der Waals surface area (Å²) in [6.45, 7) is 6.40.